The van der Waals surface area contributed by atoms with Gasteiger partial charge in [-0.05, 0) is 6.08 Å². The van der Waals surface area contributed by atoms with Crippen LogP contribution in [0.5, 0.6) is 0 Å². The van der Waals surface area contributed by atoms with Crippen molar-refractivity contribution in [3.8, 4) is 0 Å². The number of nitrogens with zero attached hydrogens (tertiary/aromatic N) is 2. The van der Waals surface area contributed by atoms with Gasteiger partial charge in [-0.15, -0.1) is 0 Å². The minimum Gasteiger partial charge on any atom is -0.497 e. The number of rotatable bonds is 6. The summed E-state index contributed by atoms with van der Waals surface area (Å²) in [6.45, 7) is 7.14. The Hall–Kier alpha value is -3.03. The summed E-state index contributed by atoms with van der Waals surface area (Å²) in [5.74, 6) is -1.22. The fraction of sp³-hybridized carbons (Fsp3) is 0.250. The van der Waals surface area contributed by atoms with Crippen LogP contribution in [0.2, 0.25) is 0 Å². The van der Waals surface area contributed by atoms with E-state index in [-0.39, 0.29) is 41.9 Å². The molecule has 0 bridgehead atoms. The summed E-state index contributed by atoms with van der Waals surface area (Å²) in [5, 5.41) is 5.20. The van der Waals surface area contributed by atoms with E-state index in [4.69, 9.17) is 4.74 Å². The predicted molar refractivity (Wildman–Crippen MR) is 86.2 cm³/mol. The van der Waals surface area contributed by atoms with E-state index in [1.165, 1.54) is 19.5 Å². The molecule has 2 amide bonds. The smallest absolute Gasteiger partial charge is 0.230 e. The molecule has 24 heavy (non-hydrogen) atoms. The van der Waals surface area contributed by atoms with Gasteiger partial charge in [-0.2, -0.15) is 0 Å². The van der Waals surface area contributed by atoms with Crippen LogP contribution in [0.15, 0.2) is 43.2 Å². The molecule has 1 aliphatic rings. The molecule has 1 unspecified atom stereocenters. The number of ether oxygens (including phenoxy) is 1. The molecule has 1 atom stereocenters. The molecule has 1 aromatic heterocycles. The molecular weight excluding hydrogens is 315 g/mol. The average molecular weight is 332 g/mol. The van der Waals surface area contributed by atoms with Crippen LogP contribution < -0.4 is 10.6 Å². The Bertz CT molecular complexity index is 730. The summed E-state index contributed by atoms with van der Waals surface area (Å²) in [7, 11) is 1.39. The van der Waals surface area contributed by atoms with Crippen LogP contribution in [0.25, 0.3) is 5.57 Å². The standard InChI is InChI=1S/C16H17FN4O3/c1-9(17)4-12(10(2)24-3)13-6-14(20-8-19-13)21-16(23)11-5-15(22)18-7-11/h4,6,8,11H,1-2,5,7H2,3H3,(H,18,22)(H,19,20,21,23)/b12-4+. The highest BCUT2D eigenvalue weighted by molar-refractivity contribution is 5.96. The topological polar surface area (TPSA) is 93.2 Å². The SMILES string of the molecule is C=C(F)/C=C(\C(=C)OC)c1cc(NC(=O)C2CNC(=O)C2)ncn1. The van der Waals surface area contributed by atoms with Gasteiger partial charge in [0.2, 0.25) is 11.8 Å². The van der Waals surface area contributed by atoms with E-state index in [9.17, 15) is 14.0 Å². The van der Waals surface area contributed by atoms with Gasteiger partial charge in [0.15, 0.2) is 0 Å². The maximum absolute atomic E-state index is 13.2. The first-order chi connectivity index (χ1) is 11.4. The van der Waals surface area contributed by atoms with Gasteiger partial charge in [0.25, 0.3) is 0 Å². The first-order valence-corrected chi connectivity index (χ1v) is 7.10. The van der Waals surface area contributed by atoms with Crippen molar-refractivity contribution in [1.82, 2.24) is 15.3 Å². The molecule has 0 saturated carbocycles. The maximum atomic E-state index is 13.2. The second-order valence-electron chi connectivity index (χ2n) is 5.12. The van der Waals surface area contributed by atoms with Gasteiger partial charge < -0.3 is 15.4 Å². The van der Waals surface area contributed by atoms with Crippen molar-refractivity contribution in [3.63, 3.8) is 0 Å². The van der Waals surface area contributed by atoms with E-state index in [1.54, 1.807) is 0 Å². The molecule has 2 rings (SSSR count). The number of carbonyl (C=O) groups excluding carboxylic acids is 2. The molecule has 1 saturated heterocycles. The maximum Gasteiger partial charge on any atom is 0.230 e. The van der Waals surface area contributed by atoms with Crippen molar-refractivity contribution in [2.45, 2.75) is 6.42 Å². The van der Waals surface area contributed by atoms with Crippen molar-refractivity contribution in [1.29, 1.82) is 0 Å². The number of aromatic nitrogens is 2. The molecule has 0 aromatic carbocycles. The molecule has 0 spiro atoms. The number of anilines is 1. The first kappa shape index (κ1) is 17.3. The van der Waals surface area contributed by atoms with Gasteiger partial charge >= 0.3 is 0 Å². The number of hydrogen-bond acceptors (Lipinski definition) is 5. The number of halogens is 1. The average Bonchev–Trinajstić information content (AvgIpc) is 2.98. The third-order valence-electron chi connectivity index (χ3n) is 3.39. The van der Waals surface area contributed by atoms with E-state index in [0.717, 1.165) is 6.08 Å². The molecule has 1 aromatic rings. The minimum atomic E-state index is -0.692. The Morgan fingerprint density at radius 1 is 1.50 bits per heavy atom. The van der Waals surface area contributed by atoms with Crippen LogP contribution >= 0.6 is 0 Å². The number of amides is 2. The monoisotopic (exact) mass is 332 g/mol. The van der Waals surface area contributed by atoms with Gasteiger partial charge in [0.05, 0.1) is 18.7 Å². The van der Waals surface area contributed by atoms with Gasteiger partial charge in [-0.1, -0.05) is 13.2 Å². The fourth-order valence-electron chi connectivity index (χ4n) is 2.16. The van der Waals surface area contributed by atoms with Gasteiger partial charge in [0, 0.05) is 24.6 Å². The summed E-state index contributed by atoms with van der Waals surface area (Å²) in [6, 6.07) is 1.46. The summed E-state index contributed by atoms with van der Waals surface area (Å²) < 4.78 is 18.2. The first-order valence-electron chi connectivity index (χ1n) is 7.10. The lowest BCUT2D eigenvalue weighted by atomic mass is 10.1. The highest BCUT2D eigenvalue weighted by Crippen LogP contribution is 2.24. The van der Waals surface area contributed by atoms with Crippen LogP contribution in [0.3, 0.4) is 0 Å². The fourth-order valence-corrected chi connectivity index (χ4v) is 2.16. The predicted octanol–water partition coefficient (Wildman–Crippen LogP) is 1.58. The van der Waals surface area contributed by atoms with E-state index >= 15 is 0 Å². The van der Waals surface area contributed by atoms with Crippen molar-refractivity contribution in [2.75, 3.05) is 19.0 Å². The second-order valence-corrected chi connectivity index (χ2v) is 5.12. The highest BCUT2D eigenvalue weighted by atomic mass is 19.1. The number of allylic oxidation sites excluding steroid dienone is 3. The summed E-state index contributed by atoms with van der Waals surface area (Å²) >= 11 is 0. The Morgan fingerprint density at radius 3 is 2.83 bits per heavy atom. The lowest BCUT2D eigenvalue weighted by Gasteiger charge is -2.11. The number of nitrogens with one attached hydrogen (secondary N) is 2. The molecular formula is C16H17FN4O3. The molecule has 1 aliphatic heterocycles. The molecule has 0 radical (unpaired) electrons. The van der Waals surface area contributed by atoms with Crippen LogP contribution in [0.1, 0.15) is 12.1 Å². The van der Waals surface area contributed by atoms with E-state index in [2.05, 4.69) is 33.8 Å². The second kappa shape index (κ2) is 7.49. The molecule has 1 fully saturated rings. The minimum absolute atomic E-state index is 0.136. The van der Waals surface area contributed by atoms with E-state index in [0.29, 0.717) is 5.69 Å². The lowest BCUT2D eigenvalue weighted by molar-refractivity contribution is -0.123. The third kappa shape index (κ3) is 4.25. The number of methoxy groups -OCH3 is 1. The Kier molecular flexibility index (Phi) is 5.41. The zero-order chi connectivity index (χ0) is 17.7. The molecule has 7 nitrogen and oxygen atoms in total. The number of carbonyl (C=O) groups is 2. The highest BCUT2D eigenvalue weighted by Gasteiger charge is 2.28. The van der Waals surface area contributed by atoms with Crippen LogP contribution in [-0.4, -0.2) is 35.4 Å². The quantitative estimate of drug-likeness (QED) is 0.609. The van der Waals surface area contributed by atoms with Crippen LogP contribution in [-0.2, 0) is 14.3 Å². The Labute approximate surface area is 138 Å². The molecule has 126 valence electrons. The summed E-state index contributed by atoms with van der Waals surface area (Å²) in [4.78, 5) is 31.3. The Morgan fingerprint density at radius 2 is 2.25 bits per heavy atom. The van der Waals surface area contributed by atoms with Crippen molar-refractivity contribution in [2.24, 2.45) is 5.92 Å². The molecule has 2 N–H and O–H groups in total. The van der Waals surface area contributed by atoms with Crippen molar-refractivity contribution in [3.05, 3.63) is 48.9 Å². The van der Waals surface area contributed by atoms with Gasteiger partial charge in [0.1, 0.15) is 23.7 Å². The normalized spacial score (nSPS) is 17.2. The zero-order valence-electron chi connectivity index (χ0n) is 13.1. The zero-order valence-corrected chi connectivity index (χ0v) is 13.1. The van der Waals surface area contributed by atoms with Gasteiger partial charge in [-0.3, -0.25) is 9.59 Å². The molecule has 0 aliphatic carbocycles. The summed E-state index contributed by atoms with van der Waals surface area (Å²) in [6.07, 6.45) is 2.48. The lowest BCUT2D eigenvalue weighted by Crippen LogP contribution is -2.25. The van der Waals surface area contributed by atoms with Crippen molar-refractivity contribution < 1.29 is 18.7 Å². The van der Waals surface area contributed by atoms with E-state index in [1.807, 2.05) is 0 Å². The van der Waals surface area contributed by atoms with E-state index < -0.39 is 11.7 Å². The van der Waals surface area contributed by atoms with Crippen LogP contribution in [0.4, 0.5) is 10.2 Å². The molecule has 8 heteroatoms. The Balaban J connectivity index is 2.21. The third-order valence-corrected chi connectivity index (χ3v) is 3.39. The summed E-state index contributed by atoms with van der Waals surface area (Å²) in [5.41, 5.74) is 0.590. The molecule has 2 heterocycles. The van der Waals surface area contributed by atoms with Crippen LogP contribution in [0, 0.1) is 5.92 Å². The number of hydrogen-bond donors (Lipinski definition) is 2. The largest absolute Gasteiger partial charge is 0.497 e. The van der Waals surface area contributed by atoms with Gasteiger partial charge in [-0.25, -0.2) is 14.4 Å². The van der Waals surface area contributed by atoms with Crippen molar-refractivity contribution >= 4 is 23.2 Å².